The van der Waals surface area contributed by atoms with Gasteiger partial charge >= 0.3 is 5.97 Å². The van der Waals surface area contributed by atoms with Crippen molar-refractivity contribution in [3.05, 3.63) is 47.0 Å². The molecular formula is C19H16ClNO5. The molecule has 0 saturated heterocycles. The summed E-state index contributed by atoms with van der Waals surface area (Å²) in [6.45, 7) is 0. The molecule has 1 heterocycles. The SMILES string of the molecule is COc1cc2c(C(=O)O)cc(-c3ccc(OC)c(OC)c3)nc2cc1Cl. The van der Waals surface area contributed by atoms with E-state index in [9.17, 15) is 9.90 Å². The highest BCUT2D eigenvalue weighted by molar-refractivity contribution is 6.33. The van der Waals surface area contributed by atoms with Crippen LogP contribution in [0.2, 0.25) is 5.02 Å². The van der Waals surface area contributed by atoms with Gasteiger partial charge in [-0.15, -0.1) is 0 Å². The van der Waals surface area contributed by atoms with E-state index in [-0.39, 0.29) is 5.56 Å². The first-order valence-corrected chi connectivity index (χ1v) is 8.00. The fourth-order valence-corrected chi connectivity index (χ4v) is 2.94. The first kappa shape index (κ1) is 17.8. The lowest BCUT2D eigenvalue weighted by atomic mass is 10.0. The predicted molar refractivity (Wildman–Crippen MR) is 98.8 cm³/mol. The molecule has 2 aromatic carbocycles. The van der Waals surface area contributed by atoms with Gasteiger partial charge in [-0.3, -0.25) is 0 Å². The van der Waals surface area contributed by atoms with Crippen molar-refractivity contribution in [1.29, 1.82) is 0 Å². The monoisotopic (exact) mass is 373 g/mol. The molecule has 0 unspecified atom stereocenters. The highest BCUT2D eigenvalue weighted by atomic mass is 35.5. The molecule has 0 amide bonds. The van der Waals surface area contributed by atoms with E-state index < -0.39 is 5.97 Å². The Morgan fingerprint density at radius 2 is 1.65 bits per heavy atom. The van der Waals surface area contributed by atoms with E-state index in [0.717, 1.165) is 0 Å². The molecular weight excluding hydrogens is 358 g/mol. The Labute approximate surface area is 154 Å². The number of aromatic nitrogens is 1. The van der Waals surface area contributed by atoms with E-state index in [2.05, 4.69) is 4.98 Å². The second-order valence-corrected chi connectivity index (χ2v) is 5.84. The Hall–Kier alpha value is -2.99. The van der Waals surface area contributed by atoms with Crippen LogP contribution in [0.5, 0.6) is 17.2 Å². The number of rotatable bonds is 5. The zero-order valence-electron chi connectivity index (χ0n) is 14.4. The number of carboxylic acids is 1. The van der Waals surface area contributed by atoms with Crippen molar-refractivity contribution in [1.82, 2.24) is 4.98 Å². The largest absolute Gasteiger partial charge is 0.495 e. The average molecular weight is 374 g/mol. The number of halogens is 1. The highest BCUT2D eigenvalue weighted by Crippen LogP contribution is 2.35. The van der Waals surface area contributed by atoms with Gasteiger partial charge in [-0.2, -0.15) is 0 Å². The Bertz CT molecular complexity index is 1000. The molecule has 26 heavy (non-hydrogen) atoms. The van der Waals surface area contributed by atoms with Crippen molar-refractivity contribution in [2.24, 2.45) is 0 Å². The smallest absolute Gasteiger partial charge is 0.336 e. The number of hydrogen-bond acceptors (Lipinski definition) is 5. The molecule has 0 atom stereocenters. The summed E-state index contributed by atoms with van der Waals surface area (Å²) in [5, 5.41) is 10.4. The van der Waals surface area contributed by atoms with Crippen LogP contribution in [0.1, 0.15) is 10.4 Å². The van der Waals surface area contributed by atoms with Gasteiger partial charge in [-0.05, 0) is 36.4 Å². The molecule has 0 aliphatic carbocycles. The van der Waals surface area contributed by atoms with Crippen LogP contribution in [0.3, 0.4) is 0 Å². The van der Waals surface area contributed by atoms with E-state index >= 15 is 0 Å². The van der Waals surface area contributed by atoms with E-state index in [1.165, 1.54) is 20.3 Å². The zero-order chi connectivity index (χ0) is 18.8. The molecule has 0 bridgehead atoms. The molecule has 0 aliphatic heterocycles. The summed E-state index contributed by atoms with van der Waals surface area (Å²) in [7, 11) is 4.55. The van der Waals surface area contributed by atoms with Crippen LogP contribution in [0, 0.1) is 0 Å². The molecule has 3 rings (SSSR count). The van der Waals surface area contributed by atoms with Crippen molar-refractivity contribution in [3.8, 4) is 28.5 Å². The molecule has 3 aromatic rings. The number of carboxylic acid groups (broad SMARTS) is 1. The molecule has 0 spiro atoms. The molecule has 0 saturated carbocycles. The van der Waals surface area contributed by atoms with E-state index in [4.69, 9.17) is 25.8 Å². The highest BCUT2D eigenvalue weighted by Gasteiger charge is 2.16. The molecule has 134 valence electrons. The van der Waals surface area contributed by atoms with Crippen LogP contribution < -0.4 is 14.2 Å². The third kappa shape index (κ3) is 3.11. The maximum Gasteiger partial charge on any atom is 0.336 e. The van der Waals surface area contributed by atoms with Crippen LogP contribution in [0.25, 0.3) is 22.2 Å². The van der Waals surface area contributed by atoms with E-state index in [0.29, 0.717) is 44.4 Å². The summed E-state index contributed by atoms with van der Waals surface area (Å²) >= 11 is 6.17. The summed E-state index contributed by atoms with van der Waals surface area (Å²) in [6.07, 6.45) is 0. The molecule has 0 fully saturated rings. The molecule has 7 heteroatoms. The van der Waals surface area contributed by atoms with Crippen molar-refractivity contribution < 1.29 is 24.1 Å². The Morgan fingerprint density at radius 1 is 0.962 bits per heavy atom. The first-order chi connectivity index (χ1) is 12.5. The fourth-order valence-electron chi connectivity index (χ4n) is 2.70. The zero-order valence-corrected chi connectivity index (χ0v) is 15.1. The lowest BCUT2D eigenvalue weighted by Crippen LogP contribution is -2.01. The summed E-state index contributed by atoms with van der Waals surface area (Å²) in [4.78, 5) is 16.3. The third-order valence-electron chi connectivity index (χ3n) is 3.99. The molecule has 1 N–H and O–H groups in total. The first-order valence-electron chi connectivity index (χ1n) is 7.62. The number of methoxy groups -OCH3 is 3. The van der Waals surface area contributed by atoms with Gasteiger partial charge in [0.1, 0.15) is 5.75 Å². The van der Waals surface area contributed by atoms with Crippen molar-refractivity contribution in [3.63, 3.8) is 0 Å². The molecule has 0 radical (unpaired) electrons. The van der Waals surface area contributed by atoms with Crippen LogP contribution in [-0.4, -0.2) is 37.4 Å². The number of benzene rings is 2. The van der Waals surface area contributed by atoms with Crippen LogP contribution in [-0.2, 0) is 0 Å². The summed E-state index contributed by atoms with van der Waals surface area (Å²) in [6, 6.07) is 9.94. The Balaban J connectivity index is 2.26. The van der Waals surface area contributed by atoms with Gasteiger partial charge in [0.15, 0.2) is 11.5 Å². The molecule has 6 nitrogen and oxygen atoms in total. The minimum Gasteiger partial charge on any atom is -0.495 e. The second kappa shape index (κ2) is 7.09. The van der Waals surface area contributed by atoms with Crippen LogP contribution in [0.15, 0.2) is 36.4 Å². The number of pyridine rings is 1. The number of hydrogen-bond donors (Lipinski definition) is 1. The molecule has 0 aliphatic rings. The van der Waals surface area contributed by atoms with Crippen molar-refractivity contribution in [2.75, 3.05) is 21.3 Å². The van der Waals surface area contributed by atoms with E-state index in [1.807, 2.05) is 0 Å². The Kier molecular flexibility index (Phi) is 4.86. The van der Waals surface area contributed by atoms with Gasteiger partial charge in [0.25, 0.3) is 0 Å². The molecule has 1 aromatic heterocycles. The second-order valence-electron chi connectivity index (χ2n) is 5.43. The number of nitrogens with zero attached hydrogens (tertiary/aromatic N) is 1. The van der Waals surface area contributed by atoms with E-state index in [1.54, 1.807) is 37.4 Å². The quantitative estimate of drug-likeness (QED) is 0.719. The summed E-state index contributed by atoms with van der Waals surface area (Å²) in [5.41, 5.74) is 1.74. The van der Waals surface area contributed by atoms with Gasteiger partial charge in [0.05, 0.1) is 43.1 Å². The minimum atomic E-state index is -1.07. The lowest BCUT2D eigenvalue weighted by molar-refractivity contribution is 0.0699. The summed E-state index contributed by atoms with van der Waals surface area (Å²) in [5.74, 6) is 0.422. The average Bonchev–Trinajstić information content (AvgIpc) is 2.65. The van der Waals surface area contributed by atoms with Crippen LogP contribution in [0.4, 0.5) is 0 Å². The number of ether oxygens (including phenoxy) is 3. The lowest BCUT2D eigenvalue weighted by Gasteiger charge is -2.12. The maximum absolute atomic E-state index is 11.8. The number of carbonyl (C=O) groups is 1. The number of fused-ring (bicyclic) bond motifs is 1. The minimum absolute atomic E-state index is 0.106. The van der Waals surface area contributed by atoms with Gasteiger partial charge < -0.3 is 19.3 Å². The maximum atomic E-state index is 11.8. The van der Waals surface area contributed by atoms with Crippen molar-refractivity contribution >= 4 is 28.5 Å². The van der Waals surface area contributed by atoms with Gasteiger partial charge in [-0.1, -0.05) is 11.6 Å². The Morgan fingerprint density at radius 3 is 2.27 bits per heavy atom. The van der Waals surface area contributed by atoms with Crippen molar-refractivity contribution in [2.45, 2.75) is 0 Å². The van der Waals surface area contributed by atoms with Crippen LogP contribution >= 0.6 is 11.6 Å². The predicted octanol–water partition coefficient (Wildman–Crippen LogP) is 4.28. The van der Waals surface area contributed by atoms with Gasteiger partial charge in [-0.25, -0.2) is 9.78 Å². The topological polar surface area (TPSA) is 77.9 Å². The number of aromatic carboxylic acids is 1. The summed E-state index contributed by atoms with van der Waals surface area (Å²) < 4.78 is 15.7. The fraction of sp³-hybridized carbons (Fsp3) is 0.158. The van der Waals surface area contributed by atoms with Gasteiger partial charge in [0.2, 0.25) is 0 Å². The standard InChI is InChI=1S/C19H16ClNO5/c1-24-16-5-4-10(6-18(16)26-3)14-7-12(19(22)23)11-8-17(25-2)13(20)9-15(11)21-14/h4-9H,1-3H3,(H,22,23). The van der Waals surface area contributed by atoms with Gasteiger partial charge in [0, 0.05) is 10.9 Å². The normalized spacial score (nSPS) is 10.6. The third-order valence-corrected chi connectivity index (χ3v) is 4.29.